The van der Waals surface area contributed by atoms with Gasteiger partial charge in [0.05, 0.1) is 21.1 Å². The lowest BCUT2D eigenvalue weighted by Gasteiger charge is -2.35. The molecule has 1 aromatic carbocycles. The third-order valence-electron chi connectivity index (χ3n) is 7.68. The van der Waals surface area contributed by atoms with Crippen molar-refractivity contribution < 1.29 is 22.8 Å². The molecule has 0 unspecified atom stereocenters. The van der Waals surface area contributed by atoms with Crippen LogP contribution in [0, 0.1) is 11.3 Å². The normalized spacial score (nSPS) is 16.5. The molecule has 2 heterocycles. The molecule has 2 aliphatic rings. The second-order valence-electron chi connectivity index (χ2n) is 10.9. The molecule has 1 aliphatic carbocycles. The number of rotatable bonds is 10. The lowest BCUT2D eigenvalue weighted by molar-refractivity contribution is -0.117. The van der Waals surface area contributed by atoms with Crippen LogP contribution in [0.5, 0.6) is 0 Å². The van der Waals surface area contributed by atoms with Crippen LogP contribution in [0.4, 0.5) is 0 Å². The molecule has 0 bridgehead atoms. The van der Waals surface area contributed by atoms with Crippen LogP contribution in [0.15, 0.2) is 24.3 Å². The van der Waals surface area contributed by atoms with Crippen LogP contribution in [-0.4, -0.2) is 63.3 Å². The predicted octanol–water partition coefficient (Wildman–Crippen LogP) is 2.32. The van der Waals surface area contributed by atoms with E-state index in [0.717, 1.165) is 5.56 Å². The zero-order chi connectivity index (χ0) is 27.9. The number of fused-ring (bicyclic) bond motifs is 1. The van der Waals surface area contributed by atoms with Crippen molar-refractivity contribution in [3.05, 3.63) is 52.3 Å². The summed E-state index contributed by atoms with van der Waals surface area (Å²) in [5.74, 6) is -0.791. The van der Waals surface area contributed by atoms with Gasteiger partial charge in [-0.15, -0.1) is 0 Å². The molecule has 1 aromatic heterocycles. The Morgan fingerprint density at radius 2 is 1.87 bits per heavy atom. The van der Waals surface area contributed by atoms with Gasteiger partial charge in [0.2, 0.25) is 0 Å². The van der Waals surface area contributed by atoms with Gasteiger partial charge in [0.1, 0.15) is 11.5 Å². The first-order valence-electron chi connectivity index (χ1n) is 12.7. The molecule has 1 saturated carbocycles. The van der Waals surface area contributed by atoms with Crippen LogP contribution in [0.1, 0.15) is 84.1 Å². The summed E-state index contributed by atoms with van der Waals surface area (Å²) in [6, 6.07) is 8.92. The lowest BCUT2D eigenvalue weighted by atomic mass is 10.0. The highest BCUT2D eigenvalue weighted by molar-refractivity contribution is 7.94. The molecule has 0 radical (unpaired) electrons. The van der Waals surface area contributed by atoms with E-state index in [1.54, 1.807) is 50.1 Å². The summed E-state index contributed by atoms with van der Waals surface area (Å²) in [7, 11) is -2.03. The molecule has 1 aliphatic heterocycles. The van der Waals surface area contributed by atoms with Crippen molar-refractivity contribution in [3.63, 3.8) is 0 Å². The maximum absolute atomic E-state index is 13.6. The van der Waals surface area contributed by atoms with E-state index in [1.807, 2.05) is 0 Å². The highest BCUT2D eigenvalue weighted by atomic mass is 32.2. The summed E-state index contributed by atoms with van der Waals surface area (Å²) in [5.41, 5.74) is 2.39. The number of benzene rings is 1. The van der Waals surface area contributed by atoms with Gasteiger partial charge in [-0.2, -0.15) is 10.4 Å². The van der Waals surface area contributed by atoms with Crippen molar-refractivity contribution in [2.75, 3.05) is 13.1 Å². The standard InChI is InChI=1S/C27H33N5O5S/c1-18(33)9-11-26(2,3)38(36,37)27(12-13-27)17-32-14-10-21-22(30-31(4)23(21)25(32)35)24(34)29-16-20-7-5-19(15-28)6-8-20/h5-8H,9-14,16-17H2,1-4H3,(H,29,34). The first-order chi connectivity index (χ1) is 17.8. The predicted molar refractivity (Wildman–Crippen MR) is 140 cm³/mol. The average molecular weight is 540 g/mol. The Morgan fingerprint density at radius 1 is 1.21 bits per heavy atom. The van der Waals surface area contributed by atoms with Crippen molar-refractivity contribution in [3.8, 4) is 6.07 Å². The van der Waals surface area contributed by atoms with E-state index in [-0.39, 0.29) is 43.3 Å². The molecule has 1 fully saturated rings. The van der Waals surface area contributed by atoms with Gasteiger partial charge in [-0.1, -0.05) is 12.1 Å². The van der Waals surface area contributed by atoms with Crippen LogP contribution >= 0.6 is 0 Å². The number of nitrogens with one attached hydrogen (secondary N) is 1. The van der Waals surface area contributed by atoms with E-state index < -0.39 is 25.2 Å². The van der Waals surface area contributed by atoms with Crippen LogP contribution in [0.3, 0.4) is 0 Å². The number of carbonyl (C=O) groups excluding carboxylic acids is 3. The molecule has 0 atom stereocenters. The zero-order valence-corrected chi connectivity index (χ0v) is 23.0. The lowest BCUT2D eigenvalue weighted by Crippen LogP contribution is -2.50. The van der Waals surface area contributed by atoms with Gasteiger partial charge in [0.25, 0.3) is 11.8 Å². The third kappa shape index (κ3) is 4.97. The SMILES string of the molecule is CC(=O)CCC(C)(C)S(=O)(=O)C1(CN2CCc3c(C(=O)NCc4ccc(C#N)cc4)nn(C)c3C2=O)CC1. The van der Waals surface area contributed by atoms with Crippen molar-refractivity contribution in [1.82, 2.24) is 20.0 Å². The molecule has 0 saturated heterocycles. The number of aromatic nitrogens is 2. The Bertz CT molecular complexity index is 1430. The number of sulfone groups is 1. The highest BCUT2D eigenvalue weighted by Gasteiger charge is 2.60. The van der Waals surface area contributed by atoms with Crippen molar-refractivity contribution in [2.24, 2.45) is 7.05 Å². The Balaban J connectivity index is 1.48. The van der Waals surface area contributed by atoms with Gasteiger partial charge in [0.15, 0.2) is 15.5 Å². The molecule has 2 aromatic rings. The zero-order valence-electron chi connectivity index (χ0n) is 22.2. The topological polar surface area (TPSA) is 142 Å². The summed E-state index contributed by atoms with van der Waals surface area (Å²) < 4.78 is 26.6. The molecule has 1 N–H and O–H groups in total. The monoisotopic (exact) mass is 539 g/mol. The number of hydrogen-bond donors (Lipinski definition) is 1. The molecule has 38 heavy (non-hydrogen) atoms. The van der Waals surface area contributed by atoms with Crippen LogP contribution in [0.2, 0.25) is 0 Å². The van der Waals surface area contributed by atoms with Crippen LogP contribution < -0.4 is 5.32 Å². The quantitative estimate of drug-likeness (QED) is 0.488. The summed E-state index contributed by atoms with van der Waals surface area (Å²) >= 11 is 0. The number of carbonyl (C=O) groups is 3. The van der Waals surface area contributed by atoms with Gasteiger partial charge in [0, 0.05) is 38.7 Å². The minimum Gasteiger partial charge on any atom is -0.347 e. The van der Waals surface area contributed by atoms with E-state index in [4.69, 9.17) is 5.26 Å². The van der Waals surface area contributed by atoms with Gasteiger partial charge >= 0.3 is 0 Å². The molecule has 11 heteroatoms. The number of hydrogen-bond acceptors (Lipinski definition) is 7. The Labute approximate surface area is 222 Å². The minimum absolute atomic E-state index is 0.0511. The fourth-order valence-corrected chi connectivity index (χ4v) is 7.57. The summed E-state index contributed by atoms with van der Waals surface area (Å²) in [6.45, 7) is 5.39. The van der Waals surface area contributed by atoms with Gasteiger partial charge in [-0.05, 0) is 64.2 Å². The smallest absolute Gasteiger partial charge is 0.272 e. The van der Waals surface area contributed by atoms with E-state index in [0.29, 0.717) is 42.6 Å². The number of nitriles is 1. The molecule has 2 amide bonds. The highest BCUT2D eigenvalue weighted by Crippen LogP contribution is 2.50. The molecule has 10 nitrogen and oxygen atoms in total. The molecular weight excluding hydrogens is 506 g/mol. The van der Waals surface area contributed by atoms with Gasteiger partial charge in [-0.3, -0.25) is 14.3 Å². The van der Waals surface area contributed by atoms with Crippen LogP contribution in [-0.2, 0) is 34.6 Å². The van der Waals surface area contributed by atoms with E-state index >= 15 is 0 Å². The Morgan fingerprint density at radius 3 is 2.45 bits per heavy atom. The first-order valence-corrected chi connectivity index (χ1v) is 14.2. The average Bonchev–Trinajstić information content (AvgIpc) is 3.59. The second-order valence-corrected chi connectivity index (χ2v) is 13.9. The molecule has 202 valence electrons. The maximum Gasteiger partial charge on any atom is 0.272 e. The van der Waals surface area contributed by atoms with Gasteiger partial charge < -0.3 is 15.0 Å². The number of Topliss-reactive ketones (excluding diaryl/α,β-unsaturated/α-hetero) is 1. The van der Waals surface area contributed by atoms with Crippen molar-refractivity contribution >= 4 is 27.4 Å². The van der Waals surface area contributed by atoms with Crippen molar-refractivity contribution in [1.29, 1.82) is 5.26 Å². The number of ketones is 1. The van der Waals surface area contributed by atoms with E-state index in [9.17, 15) is 22.8 Å². The van der Waals surface area contributed by atoms with Gasteiger partial charge in [-0.25, -0.2) is 8.42 Å². The fourth-order valence-electron chi connectivity index (χ4n) is 5.06. The van der Waals surface area contributed by atoms with Crippen molar-refractivity contribution in [2.45, 2.75) is 68.9 Å². The molecule has 4 rings (SSSR count). The third-order valence-corrected chi connectivity index (χ3v) is 11.0. The number of amides is 2. The van der Waals surface area contributed by atoms with Crippen LogP contribution in [0.25, 0.3) is 0 Å². The van der Waals surface area contributed by atoms with E-state index in [1.165, 1.54) is 11.6 Å². The minimum atomic E-state index is -3.63. The largest absolute Gasteiger partial charge is 0.347 e. The fraction of sp³-hybridized carbons (Fsp3) is 0.519. The van der Waals surface area contributed by atoms with E-state index in [2.05, 4.69) is 16.5 Å². The molecule has 0 spiro atoms. The first kappa shape index (κ1) is 27.5. The molecular formula is C27H33N5O5S. The number of nitrogens with zero attached hydrogens (tertiary/aromatic N) is 4. The maximum atomic E-state index is 13.6. The number of aryl methyl sites for hydroxylation is 1. The Kier molecular flexibility index (Phi) is 7.23. The Hall–Kier alpha value is -3.52. The summed E-state index contributed by atoms with van der Waals surface area (Å²) in [5, 5.41) is 16.1. The summed E-state index contributed by atoms with van der Waals surface area (Å²) in [4.78, 5) is 39.5. The second kappa shape index (κ2) is 9.98. The summed E-state index contributed by atoms with van der Waals surface area (Å²) in [6.07, 6.45) is 1.78.